The summed E-state index contributed by atoms with van der Waals surface area (Å²) < 4.78 is 0. The SMILES string of the molecule is CC[C@H](C)c1ccc(NC(=O)[C@@H](Sc2ccccc2)c2ccccc2)cc1. The van der Waals surface area contributed by atoms with E-state index in [0.29, 0.717) is 5.92 Å². The molecule has 3 aromatic rings. The van der Waals surface area contributed by atoms with Gasteiger partial charge in [0.25, 0.3) is 0 Å². The van der Waals surface area contributed by atoms with E-state index in [4.69, 9.17) is 0 Å². The van der Waals surface area contributed by atoms with E-state index in [-0.39, 0.29) is 11.2 Å². The Hall–Kier alpha value is -2.52. The number of nitrogens with one attached hydrogen (secondary N) is 1. The molecule has 2 atom stereocenters. The third-order valence-corrected chi connectivity index (χ3v) is 5.96. The largest absolute Gasteiger partial charge is 0.325 e. The van der Waals surface area contributed by atoms with Crippen LogP contribution in [-0.2, 0) is 4.79 Å². The first-order valence-electron chi connectivity index (χ1n) is 9.35. The molecular formula is C24H25NOS. The van der Waals surface area contributed by atoms with Gasteiger partial charge < -0.3 is 5.32 Å². The van der Waals surface area contributed by atoms with Crippen molar-refractivity contribution in [3.63, 3.8) is 0 Å². The van der Waals surface area contributed by atoms with Crippen LogP contribution in [-0.4, -0.2) is 5.91 Å². The van der Waals surface area contributed by atoms with Gasteiger partial charge in [-0.1, -0.05) is 74.5 Å². The van der Waals surface area contributed by atoms with E-state index < -0.39 is 0 Å². The Morgan fingerprint density at radius 2 is 1.44 bits per heavy atom. The number of thioether (sulfide) groups is 1. The summed E-state index contributed by atoms with van der Waals surface area (Å²) in [4.78, 5) is 14.1. The minimum Gasteiger partial charge on any atom is -0.325 e. The summed E-state index contributed by atoms with van der Waals surface area (Å²) in [5.74, 6) is 0.520. The van der Waals surface area contributed by atoms with E-state index in [1.165, 1.54) is 5.56 Å². The quantitative estimate of drug-likeness (QED) is 0.467. The summed E-state index contributed by atoms with van der Waals surface area (Å²) in [5, 5.41) is 2.78. The lowest BCUT2D eigenvalue weighted by molar-refractivity contribution is -0.115. The van der Waals surface area contributed by atoms with Gasteiger partial charge in [-0.25, -0.2) is 0 Å². The number of hydrogen-bond acceptors (Lipinski definition) is 2. The fraction of sp³-hybridized carbons (Fsp3) is 0.208. The molecular weight excluding hydrogens is 350 g/mol. The molecule has 0 unspecified atom stereocenters. The van der Waals surface area contributed by atoms with Crippen molar-refractivity contribution in [3.05, 3.63) is 96.1 Å². The average molecular weight is 376 g/mol. The summed E-state index contributed by atoms with van der Waals surface area (Å²) in [6.45, 7) is 4.40. The van der Waals surface area contributed by atoms with Crippen LogP contribution in [0.1, 0.15) is 42.6 Å². The molecule has 27 heavy (non-hydrogen) atoms. The van der Waals surface area contributed by atoms with Gasteiger partial charge in [0.15, 0.2) is 0 Å². The Kier molecular flexibility index (Phi) is 6.72. The van der Waals surface area contributed by atoms with Crippen molar-refractivity contribution in [2.24, 2.45) is 0 Å². The Morgan fingerprint density at radius 3 is 2.04 bits per heavy atom. The third kappa shape index (κ3) is 5.24. The van der Waals surface area contributed by atoms with Crippen LogP contribution in [0.5, 0.6) is 0 Å². The van der Waals surface area contributed by atoms with Crippen molar-refractivity contribution in [1.29, 1.82) is 0 Å². The topological polar surface area (TPSA) is 29.1 Å². The van der Waals surface area contributed by atoms with E-state index in [1.54, 1.807) is 11.8 Å². The second-order valence-corrected chi connectivity index (χ2v) is 7.82. The molecule has 0 aliphatic heterocycles. The van der Waals surface area contributed by atoms with Crippen LogP contribution in [0.3, 0.4) is 0 Å². The zero-order valence-corrected chi connectivity index (χ0v) is 16.6. The maximum atomic E-state index is 13.1. The molecule has 0 saturated carbocycles. The second-order valence-electron chi connectivity index (χ2n) is 6.64. The van der Waals surface area contributed by atoms with Gasteiger partial charge in [-0.15, -0.1) is 11.8 Å². The molecule has 138 valence electrons. The monoisotopic (exact) mass is 375 g/mol. The van der Waals surface area contributed by atoms with Crippen LogP contribution in [0.25, 0.3) is 0 Å². The molecule has 1 amide bonds. The molecule has 0 spiro atoms. The highest BCUT2D eigenvalue weighted by Crippen LogP contribution is 2.36. The van der Waals surface area contributed by atoms with Gasteiger partial charge >= 0.3 is 0 Å². The third-order valence-electron chi connectivity index (χ3n) is 4.70. The number of amides is 1. The molecule has 0 aliphatic rings. The van der Waals surface area contributed by atoms with Gasteiger partial charge in [-0.05, 0) is 47.7 Å². The number of benzene rings is 3. The lowest BCUT2D eigenvalue weighted by Crippen LogP contribution is -2.19. The van der Waals surface area contributed by atoms with E-state index in [2.05, 4.69) is 31.3 Å². The molecule has 0 fully saturated rings. The zero-order valence-electron chi connectivity index (χ0n) is 15.8. The van der Waals surface area contributed by atoms with E-state index in [0.717, 1.165) is 22.6 Å². The molecule has 0 heterocycles. The average Bonchev–Trinajstić information content (AvgIpc) is 2.73. The van der Waals surface area contributed by atoms with Crippen molar-refractivity contribution in [1.82, 2.24) is 0 Å². The normalized spacial score (nSPS) is 13.0. The summed E-state index contributed by atoms with van der Waals surface area (Å²) >= 11 is 1.57. The minimum absolute atomic E-state index is 0.00802. The van der Waals surface area contributed by atoms with E-state index in [9.17, 15) is 4.79 Å². The highest BCUT2D eigenvalue weighted by Gasteiger charge is 2.22. The van der Waals surface area contributed by atoms with Crippen molar-refractivity contribution in [2.75, 3.05) is 5.32 Å². The van der Waals surface area contributed by atoms with Gasteiger partial charge in [0.1, 0.15) is 5.25 Å². The van der Waals surface area contributed by atoms with E-state index >= 15 is 0 Å². The highest BCUT2D eigenvalue weighted by molar-refractivity contribution is 8.00. The predicted molar refractivity (Wildman–Crippen MR) is 115 cm³/mol. The Balaban J connectivity index is 1.78. The Labute approximate surface area is 166 Å². The van der Waals surface area contributed by atoms with Crippen LogP contribution in [0, 0.1) is 0 Å². The lowest BCUT2D eigenvalue weighted by Gasteiger charge is -2.17. The molecule has 0 radical (unpaired) electrons. The number of hydrogen-bond donors (Lipinski definition) is 1. The van der Waals surface area contributed by atoms with E-state index in [1.807, 2.05) is 72.8 Å². The fourth-order valence-electron chi connectivity index (χ4n) is 2.87. The molecule has 2 nitrogen and oxygen atoms in total. The van der Waals surface area contributed by atoms with Crippen LogP contribution in [0.15, 0.2) is 89.8 Å². The minimum atomic E-state index is -0.303. The second kappa shape index (κ2) is 9.43. The highest BCUT2D eigenvalue weighted by atomic mass is 32.2. The van der Waals surface area contributed by atoms with Crippen molar-refractivity contribution in [2.45, 2.75) is 36.3 Å². The molecule has 0 aromatic heterocycles. The first kappa shape index (κ1) is 19.2. The zero-order chi connectivity index (χ0) is 19.1. The maximum Gasteiger partial charge on any atom is 0.242 e. The molecule has 3 heteroatoms. The summed E-state index contributed by atoms with van der Waals surface area (Å²) in [6, 6.07) is 28.2. The molecule has 0 aliphatic carbocycles. The van der Waals surface area contributed by atoms with Crippen LogP contribution in [0.2, 0.25) is 0 Å². The number of anilines is 1. The number of carbonyl (C=O) groups excluding carboxylic acids is 1. The van der Waals surface area contributed by atoms with Crippen molar-refractivity contribution in [3.8, 4) is 0 Å². The molecule has 1 N–H and O–H groups in total. The fourth-order valence-corrected chi connectivity index (χ4v) is 3.92. The summed E-state index contributed by atoms with van der Waals surface area (Å²) in [6.07, 6.45) is 1.11. The summed E-state index contributed by atoms with van der Waals surface area (Å²) in [5.41, 5.74) is 3.13. The number of carbonyl (C=O) groups is 1. The lowest BCUT2D eigenvalue weighted by atomic mass is 9.98. The van der Waals surface area contributed by atoms with Crippen LogP contribution >= 0.6 is 11.8 Å². The number of rotatable bonds is 7. The Bertz CT molecular complexity index is 847. The standard InChI is InChI=1S/C24H25NOS/c1-3-18(2)19-14-16-21(17-15-19)25-24(26)23(20-10-6-4-7-11-20)27-22-12-8-5-9-13-22/h4-18,23H,3H2,1-2H3,(H,25,26)/t18-,23-/m0/s1. The molecule has 0 bridgehead atoms. The van der Waals surface area contributed by atoms with Crippen LogP contribution in [0.4, 0.5) is 5.69 Å². The van der Waals surface area contributed by atoms with Gasteiger partial charge in [0.2, 0.25) is 5.91 Å². The van der Waals surface area contributed by atoms with Crippen molar-refractivity contribution < 1.29 is 4.79 Å². The maximum absolute atomic E-state index is 13.1. The predicted octanol–water partition coefficient (Wildman–Crippen LogP) is 6.67. The molecule has 3 aromatic carbocycles. The van der Waals surface area contributed by atoms with Gasteiger partial charge in [0, 0.05) is 10.6 Å². The first-order valence-corrected chi connectivity index (χ1v) is 10.2. The Morgan fingerprint density at radius 1 is 0.852 bits per heavy atom. The van der Waals surface area contributed by atoms with Gasteiger partial charge in [0.05, 0.1) is 0 Å². The van der Waals surface area contributed by atoms with Gasteiger partial charge in [-0.2, -0.15) is 0 Å². The molecule has 0 saturated heterocycles. The van der Waals surface area contributed by atoms with Crippen LogP contribution < -0.4 is 5.32 Å². The first-order chi connectivity index (χ1) is 13.2. The molecule has 3 rings (SSSR count). The smallest absolute Gasteiger partial charge is 0.242 e. The van der Waals surface area contributed by atoms with Crippen molar-refractivity contribution >= 4 is 23.4 Å². The summed E-state index contributed by atoms with van der Waals surface area (Å²) in [7, 11) is 0. The van der Waals surface area contributed by atoms with Gasteiger partial charge in [-0.3, -0.25) is 4.79 Å².